The molecule has 0 amide bonds. The number of alkyl halides is 2. The lowest BCUT2D eigenvalue weighted by Gasteiger charge is -2.37. The van der Waals surface area contributed by atoms with Gasteiger partial charge in [0, 0.05) is 49.3 Å². The van der Waals surface area contributed by atoms with Crippen molar-refractivity contribution in [3.05, 3.63) is 84.4 Å². The normalized spacial score (nSPS) is 16.7. The summed E-state index contributed by atoms with van der Waals surface area (Å²) in [5.41, 5.74) is 3.92. The summed E-state index contributed by atoms with van der Waals surface area (Å²) >= 11 is 0. The van der Waals surface area contributed by atoms with Crippen LogP contribution in [0.1, 0.15) is 37.6 Å². The van der Waals surface area contributed by atoms with E-state index in [2.05, 4.69) is 54.6 Å². The van der Waals surface area contributed by atoms with Crippen LogP contribution in [0.15, 0.2) is 73.2 Å². The SMILES string of the molecule is CC(C)(O)c1ccc(N2CCN(c3ccc(-c4ccc(C(F)C(O)C(F)n5cnnn5)nc4)cc3)CC2)cc1. The van der Waals surface area contributed by atoms with Crippen molar-refractivity contribution in [3.8, 4) is 11.1 Å². The van der Waals surface area contributed by atoms with E-state index in [1.165, 1.54) is 12.3 Å². The summed E-state index contributed by atoms with van der Waals surface area (Å²) in [4.78, 5) is 8.79. The average Bonchev–Trinajstić information content (AvgIpc) is 3.51. The fraction of sp³-hybridized carbons (Fsp3) is 0.357. The van der Waals surface area contributed by atoms with Gasteiger partial charge in [0.25, 0.3) is 0 Å². The minimum Gasteiger partial charge on any atom is -0.386 e. The zero-order chi connectivity index (χ0) is 27.6. The van der Waals surface area contributed by atoms with Gasteiger partial charge >= 0.3 is 0 Å². The van der Waals surface area contributed by atoms with E-state index in [0.29, 0.717) is 4.68 Å². The van der Waals surface area contributed by atoms with Gasteiger partial charge in [0.05, 0.1) is 11.3 Å². The van der Waals surface area contributed by atoms with E-state index in [4.69, 9.17) is 0 Å². The zero-order valence-electron chi connectivity index (χ0n) is 21.8. The molecular weight excluding hydrogens is 504 g/mol. The van der Waals surface area contributed by atoms with Gasteiger partial charge in [0.15, 0.2) is 6.17 Å². The summed E-state index contributed by atoms with van der Waals surface area (Å²) < 4.78 is 29.6. The van der Waals surface area contributed by atoms with Gasteiger partial charge in [-0.25, -0.2) is 8.78 Å². The second-order valence-corrected chi connectivity index (χ2v) is 10.2. The monoisotopic (exact) mass is 535 g/mol. The van der Waals surface area contributed by atoms with Crippen molar-refractivity contribution in [1.82, 2.24) is 25.2 Å². The van der Waals surface area contributed by atoms with Crippen LogP contribution < -0.4 is 9.80 Å². The molecule has 1 saturated heterocycles. The lowest BCUT2D eigenvalue weighted by atomic mass is 9.98. The Morgan fingerprint density at radius 3 is 1.87 bits per heavy atom. The third-order valence-electron chi connectivity index (χ3n) is 7.05. The van der Waals surface area contributed by atoms with Crippen LogP contribution in [0.25, 0.3) is 11.1 Å². The maximum atomic E-state index is 14.7. The fourth-order valence-corrected chi connectivity index (χ4v) is 4.66. The van der Waals surface area contributed by atoms with Crippen molar-refractivity contribution in [3.63, 3.8) is 0 Å². The van der Waals surface area contributed by atoms with Crippen LogP contribution in [0.3, 0.4) is 0 Å². The molecule has 0 spiro atoms. The molecule has 1 fully saturated rings. The van der Waals surface area contributed by atoms with Gasteiger partial charge in [-0.15, -0.1) is 5.10 Å². The molecule has 2 aromatic carbocycles. The molecule has 9 nitrogen and oxygen atoms in total. The third kappa shape index (κ3) is 5.89. The number of aromatic nitrogens is 5. The molecule has 2 aromatic heterocycles. The van der Waals surface area contributed by atoms with E-state index in [1.54, 1.807) is 19.9 Å². The highest BCUT2D eigenvalue weighted by atomic mass is 19.1. The predicted octanol–water partition coefficient (Wildman–Crippen LogP) is 3.83. The van der Waals surface area contributed by atoms with Crippen LogP contribution in [0.2, 0.25) is 0 Å². The van der Waals surface area contributed by atoms with E-state index < -0.39 is 24.2 Å². The van der Waals surface area contributed by atoms with Gasteiger partial charge in [-0.2, -0.15) is 4.68 Å². The first kappa shape index (κ1) is 26.6. The largest absolute Gasteiger partial charge is 0.386 e. The number of benzene rings is 2. The molecular formula is C28H31F2N7O2. The van der Waals surface area contributed by atoms with Gasteiger partial charge < -0.3 is 20.0 Å². The van der Waals surface area contributed by atoms with Crippen molar-refractivity contribution in [2.75, 3.05) is 36.0 Å². The summed E-state index contributed by atoms with van der Waals surface area (Å²) in [5, 5.41) is 30.2. The summed E-state index contributed by atoms with van der Waals surface area (Å²) in [6.07, 6.45) is -3.70. The lowest BCUT2D eigenvalue weighted by Crippen LogP contribution is -2.46. The standard InChI is InChI=1S/C28H31F2N7O2/c1-28(2,39)21-6-10-23(11-7-21)36-15-13-35(14-16-36)22-8-3-19(4-9-22)20-5-12-24(31-17-20)25(29)26(38)27(30)37-18-32-33-34-37/h3-12,17-18,25-27,38-39H,13-16H2,1-2H3. The Labute approximate surface area is 225 Å². The molecule has 1 aliphatic heterocycles. The summed E-state index contributed by atoms with van der Waals surface area (Å²) in [5.74, 6) is 0. The number of rotatable bonds is 8. The van der Waals surface area contributed by atoms with Crippen LogP contribution in [0.5, 0.6) is 0 Å². The number of hydrogen-bond acceptors (Lipinski definition) is 8. The first-order valence-corrected chi connectivity index (χ1v) is 12.8. The summed E-state index contributed by atoms with van der Waals surface area (Å²) in [6.45, 7) is 7.10. The number of halogens is 2. The molecule has 0 saturated carbocycles. The number of aliphatic hydroxyl groups excluding tert-OH is 1. The van der Waals surface area contributed by atoms with E-state index in [9.17, 15) is 19.0 Å². The Morgan fingerprint density at radius 2 is 1.38 bits per heavy atom. The topological polar surface area (TPSA) is 103 Å². The minimum atomic E-state index is -2.13. The molecule has 2 N–H and O–H groups in total. The highest BCUT2D eigenvalue weighted by Crippen LogP contribution is 2.30. The maximum Gasteiger partial charge on any atom is 0.224 e. The van der Waals surface area contributed by atoms with E-state index >= 15 is 0 Å². The van der Waals surface area contributed by atoms with Crippen molar-refractivity contribution < 1.29 is 19.0 Å². The summed E-state index contributed by atoms with van der Waals surface area (Å²) in [7, 11) is 0. The maximum absolute atomic E-state index is 14.7. The Hall–Kier alpha value is -3.96. The molecule has 4 aromatic rings. The molecule has 3 unspecified atom stereocenters. The molecule has 0 aliphatic carbocycles. The van der Waals surface area contributed by atoms with E-state index in [1.807, 2.05) is 24.3 Å². The lowest BCUT2D eigenvalue weighted by molar-refractivity contribution is -0.0294. The molecule has 11 heteroatoms. The Kier molecular flexibility index (Phi) is 7.53. The first-order valence-electron chi connectivity index (χ1n) is 12.8. The van der Waals surface area contributed by atoms with Crippen molar-refractivity contribution in [1.29, 1.82) is 0 Å². The minimum absolute atomic E-state index is 0.0776. The summed E-state index contributed by atoms with van der Waals surface area (Å²) in [6, 6.07) is 19.3. The molecule has 0 bridgehead atoms. The van der Waals surface area contributed by atoms with E-state index in [0.717, 1.165) is 60.6 Å². The number of pyridine rings is 1. The Bertz CT molecular complexity index is 1340. The molecule has 5 rings (SSSR count). The smallest absolute Gasteiger partial charge is 0.224 e. The molecule has 0 radical (unpaired) electrons. The highest BCUT2D eigenvalue weighted by molar-refractivity contribution is 5.66. The third-order valence-corrected chi connectivity index (χ3v) is 7.05. The second kappa shape index (κ2) is 11.0. The van der Waals surface area contributed by atoms with Crippen LogP contribution in [-0.2, 0) is 5.60 Å². The van der Waals surface area contributed by atoms with Crippen LogP contribution in [0, 0.1) is 0 Å². The van der Waals surface area contributed by atoms with E-state index in [-0.39, 0.29) is 5.69 Å². The molecule has 3 heterocycles. The number of piperazine rings is 1. The molecule has 39 heavy (non-hydrogen) atoms. The number of nitrogens with zero attached hydrogens (tertiary/aromatic N) is 7. The predicted molar refractivity (Wildman–Crippen MR) is 144 cm³/mol. The van der Waals surface area contributed by atoms with Gasteiger partial charge in [-0.1, -0.05) is 30.3 Å². The Morgan fingerprint density at radius 1 is 0.821 bits per heavy atom. The molecule has 1 aliphatic rings. The zero-order valence-corrected chi connectivity index (χ0v) is 21.8. The van der Waals surface area contributed by atoms with Crippen molar-refractivity contribution >= 4 is 11.4 Å². The van der Waals surface area contributed by atoms with Crippen LogP contribution in [-0.4, -0.2) is 67.7 Å². The fourth-order valence-electron chi connectivity index (χ4n) is 4.66. The van der Waals surface area contributed by atoms with Gasteiger partial charge in [-0.05, 0) is 65.7 Å². The molecule has 3 atom stereocenters. The second-order valence-electron chi connectivity index (χ2n) is 10.2. The average molecular weight is 536 g/mol. The van der Waals surface area contributed by atoms with Gasteiger partial charge in [0.1, 0.15) is 12.4 Å². The highest BCUT2D eigenvalue weighted by Gasteiger charge is 2.32. The van der Waals surface area contributed by atoms with Gasteiger partial charge in [0.2, 0.25) is 6.30 Å². The molecule has 204 valence electrons. The number of hydrogen-bond donors (Lipinski definition) is 2. The Balaban J connectivity index is 1.18. The number of tetrazole rings is 1. The first-order chi connectivity index (χ1) is 18.7. The van der Waals surface area contributed by atoms with Crippen molar-refractivity contribution in [2.24, 2.45) is 0 Å². The van der Waals surface area contributed by atoms with Crippen molar-refractivity contribution in [2.45, 2.75) is 38.0 Å². The van der Waals surface area contributed by atoms with Crippen LogP contribution >= 0.6 is 0 Å². The quantitative estimate of drug-likeness (QED) is 0.351. The number of aliphatic hydroxyl groups is 2. The van der Waals surface area contributed by atoms with Crippen LogP contribution in [0.4, 0.5) is 20.2 Å². The van der Waals surface area contributed by atoms with Gasteiger partial charge in [-0.3, -0.25) is 4.98 Å². The number of anilines is 2.